The number of anilines is 4. The predicted molar refractivity (Wildman–Crippen MR) is 142 cm³/mol. The van der Waals surface area contributed by atoms with Crippen LogP contribution >= 0.6 is 11.6 Å². The molecule has 1 aromatic heterocycles. The fraction of sp³-hybridized carbons (Fsp3) is 0.385. The van der Waals surface area contributed by atoms with Crippen LogP contribution in [-0.4, -0.2) is 71.2 Å². The molecule has 0 spiro atoms. The molecule has 198 valence electrons. The topological polar surface area (TPSA) is 153 Å². The number of hydrogen-bond acceptors (Lipinski definition) is 8. The predicted octanol–water partition coefficient (Wildman–Crippen LogP) is 1.84. The van der Waals surface area contributed by atoms with E-state index in [1.54, 1.807) is 23.2 Å². The van der Waals surface area contributed by atoms with Crippen LogP contribution in [0.4, 0.5) is 22.9 Å². The minimum Gasteiger partial charge on any atom is -0.480 e. The number of nitrogens with two attached hydrogens (primary N) is 1. The quantitative estimate of drug-likeness (QED) is 0.347. The standard InChI is InChI=1S/C26H28ClN7O4/c27-17-10-30-24-22(21(17)32-20-15-2-1-14(9-15)19(20)23(28)35)34(12-31-24)16-5-3-13(4-6-16)25(36)33-8-7-29-18(11-33)26(37)38/h1-6,10,14-15,18-20,29H,7-9,11-12H2,(H2,28,35)(H,37,38)(H2,30,31,32)/t14-,15-,18?,19-,20-/m1/s1. The molecule has 11 nitrogen and oxygen atoms in total. The number of hydrogen-bond donors (Lipinski definition) is 5. The van der Waals surface area contributed by atoms with Crippen LogP contribution in [0.15, 0.2) is 42.6 Å². The lowest BCUT2D eigenvalue weighted by molar-refractivity contribution is -0.140. The minimum absolute atomic E-state index is 0.114. The molecule has 2 aliphatic heterocycles. The fourth-order valence-electron chi connectivity index (χ4n) is 6.10. The van der Waals surface area contributed by atoms with Crippen molar-refractivity contribution in [3.05, 3.63) is 53.2 Å². The number of carbonyl (C=O) groups excluding carboxylic acids is 2. The van der Waals surface area contributed by atoms with Crippen LogP contribution in [0.1, 0.15) is 16.8 Å². The molecule has 1 unspecified atom stereocenters. The summed E-state index contributed by atoms with van der Waals surface area (Å²) in [7, 11) is 0. The zero-order valence-corrected chi connectivity index (χ0v) is 21.2. The highest BCUT2D eigenvalue weighted by Crippen LogP contribution is 2.49. The number of primary amides is 1. The molecule has 6 rings (SSSR count). The highest BCUT2D eigenvalue weighted by atomic mass is 35.5. The molecule has 4 aliphatic rings. The molecule has 2 aromatic rings. The van der Waals surface area contributed by atoms with Crippen LogP contribution < -0.4 is 26.6 Å². The number of nitrogens with one attached hydrogen (secondary N) is 3. The molecule has 12 heteroatoms. The van der Waals surface area contributed by atoms with Crippen molar-refractivity contribution in [3.8, 4) is 0 Å². The van der Waals surface area contributed by atoms with Crippen LogP contribution in [0.25, 0.3) is 0 Å². The molecule has 38 heavy (non-hydrogen) atoms. The number of aliphatic carboxylic acids is 1. The van der Waals surface area contributed by atoms with Gasteiger partial charge in [-0.05, 0) is 42.5 Å². The maximum Gasteiger partial charge on any atom is 0.322 e. The number of aromatic nitrogens is 1. The molecule has 3 heterocycles. The van der Waals surface area contributed by atoms with E-state index < -0.39 is 12.0 Å². The average Bonchev–Trinajstić information content (AvgIpc) is 3.65. The summed E-state index contributed by atoms with van der Waals surface area (Å²) < 4.78 is 0. The molecule has 2 aliphatic carbocycles. The molecule has 1 saturated carbocycles. The maximum atomic E-state index is 13.0. The SMILES string of the molecule is NC(=O)[C@H]1[C@H](Nc2c(Cl)cnc3c2N(c2ccc(C(=O)N4CCNC(C(=O)O)C4)cc2)CN3)[C@@H]2C=C[C@@H]1C2. The van der Waals surface area contributed by atoms with Gasteiger partial charge in [0.2, 0.25) is 5.91 Å². The van der Waals surface area contributed by atoms with Crippen molar-refractivity contribution in [3.63, 3.8) is 0 Å². The van der Waals surface area contributed by atoms with Crippen molar-refractivity contribution in [2.45, 2.75) is 18.5 Å². The van der Waals surface area contributed by atoms with Crippen molar-refractivity contribution in [1.82, 2.24) is 15.2 Å². The molecular weight excluding hydrogens is 510 g/mol. The molecular formula is C26H28ClN7O4. The van der Waals surface area contributed by atoms with E-state index in [4.69, 9.17) is 17.3 Å². The summed E-state index contributed by atoms with van der Waals surface area (Å²) in [4.78, 5) is 44.7. The van der Waals surface area contributed by atoms with E-state index in [1.807, 2.05) is 17.0 Å². The van der Waals surface area contributed by atoms with E-state index in [9.17, 15) is 19.5 Å². The minimum atomic E-state index is -0.974. The summed E-state index contributed by atoms with van der Waals surface area (Å²) in [5, 5.41) is 19.5. The van der Waals surface area contributed by atoms with Crippen molar-refractivity contribution in [1.29, 1.82) is 0 Å². The first-order chi connectivity index (χ1) is 18.3. The third-order valence-corrected chi connectivity index (χ3v) is 8.25. The Hall–Kier alpha value is -3.83. The van der Waals surface area contributed by atoms with Crippen LogP contribution in [-0.2, 0) is 9.59 Å². The summed E-state index contributed by atoms with van der Waals surface area (Å²) in [6, 6.07) is 6.23. The van der Waals surface area contributed by atoms with E-state index >= 15 is 0 Å². The van der Waals surface area contributed by atoms with Gasteiger partial charge < -0.3 is 36.6 Å². The van der Waals surface area contributed by atoms with Crippen LogP contribution in [0.3, 0.4) is 0 Å². The second-order valence-electron chi connectivity index (χ2n) is 10.1. The summed E-state index contributed by atoms with van der Waals surface area (Å²) in [5.41, 5.74) is 8.51. The van der Waals surface area contributed by atoms with E-state index in [0.29, 0.717) is 41.8 Å². The Kier molecular flexibility index (Phi) is 6.11. The van der Waals surface area contributed by atoms with Crippen LogP contribution in [0, 0.1) is 17.8 Å². The smallest absolute Gasteiger partial charge is 0.322 e. The van der Waals surface area contributed by atoms with Crippen molar-refractivity contribution in [2.24, 2.45) is 23.5 Å². The number of carboxylic acid groups (broad SMARTS) is 1. The van der Waals surface area contributed by atoms with E-state index in [0.717, 1.165) is 17.8 Å². The second-order valence-corrected chi connectivity index (χ2v) is 10.5. The number of benzene rings is 1. The van der Waals surface area contributed by atoms with Gasteiger partial charge in [0, 0.05) is 36.9 Å². The Morgan fingerprint density at radius 3 is 2.66 bits per heavy atom. The fourth-order valence-corrected chi connectivity index (χ4v) is 6.29. The van der Waals surface area contributed by atoms with E-state index in [-0.39, 0.29) is 42.2 Å². The van der Waals surface area contributed by atoms with E-state index in [2.05, 4.69) is 33.1 Å². The van der Waals surface area contributed by atoms with Gasteiger partial charge in [-0.25, -0.2) is 4.98 Å². The molecule has 2 fully saturated rings. The number of halogens is 1. The number of carbonyl (C=O) groups is 3. The largest absolute Gasteiger partial charge is 0.480 e. The summed E-state index contributed by atoms with van der Waals surface area (Å²) in [6.07, 6.45) is 6.69. The first-order valence-corrected chi connectivity index (χ1v) is 13.0. The van der Waals surface area contributed by atoms with Gasteiger partial charge in [0.25, 0.3) is 5.91 Å². The van der Waals surface area contributed by atoms with Gasteiger partial charge in [-0.2, -0.15) is 0 Å². The molecule has 1 saturated heterocycles. The zero-order valence-electron chi connectivity index (χ0n) is 20.4. The lowest BCUT2D eigenvalue weighted by Crippen LogP contribution is -2.55. The van der Waals surface area contributed by atoms with Gasteiger partial charge in [0.05, 0.1) is 29.5 Å². The van der Waals surface area contributed by atoms with Crippen LogP contribution in [0.2, 0.25) is 5.02 Å². The summed E-state index contributed by atoms with van der Waals surface area (Å²) in [6.45, 7) is 1.43. The monoisotopic (exact) mass is 537 g/mol. The van der Waals surface area contributed by atoms with Gasteiger partial charge in [0.15, 0.2) is 5.82 Å². The van der Waals surface area contributed by atoms with Crippen molar-refractivity contribution in [2.75, 3.05) is 41.8 Å². The number of carboxylic acids is 1. The molecule has 0 radical (unpaired) electrons. The maximum absolute atomic E-state index is 13.0. The Bertz CT molecular complexity index is 1330. The Morgan fingerprint density at radius 1 is 1.16 bits per heavy atom. The molecule has 1 aromatic carbocycles. The Labute approximate surface area is 224 Å². The average molecular weight is 538 g/mol. The van der Waals surface area contributed by atoms with Crippen LogP contribution in [0.5, 0.6) is 0 Å². The molecule has 6 N–H and O–H groups in total. The first-order valence-electron chi connectivity index (χ1n) is 12.6. The number of allylic oxidation sites excluding steroid dienone is 1. The highest BCUT2D eigenvalue weighted by molar-refractivity contribution is 6.34. The number of rotatable bonds is 6. The first kappa shape index (κ1) is 24.5. The molecule has 5 atom stereocenters. The Balaban J connectivity index is 1.25. The zero-order chi connectivity index (χ0) is 26.6. The van der Waals surface area contributed by atoms with Gasteiger partial charge in [0.1, 0.15) is 11.7 Å². The highest BCUT2D eigenvalue weighted by Gasteiger charge is 2.48. The third-order valence-electron chi connectivity index (χ3n) is 7.97. The van der Waals surface area contributed by atoms with Crippen molar-refractivity contribution >= 4 is 52.3 Å². The van der Waals surface area contributed by atoms with E-state index in [1.165, 1.54) is 0 Å². The summed E-state index contributed by atoms with van der Waals surface area (Å²) >= 11 is 6.64. The number of fused-ring (bicyclic) bond motifs is 3. The van der Waals surface area contributed by atoms with Gasteiger partial charge in [-0.15, -0.1) is 0 Å². The van der Waals surface area contributed by atoms with Gasteiger partial charge in [-0.3, -0.25) is 14.4 Å². The third kappa shape index (κ3) is 4.11. The van der Waals surface area contributed by atoms with Gasteiger partial charge in [-0.1, -0.05) is 23.8 Å². The van der Waals surface area contributed by atoms with Gasteiger partial charge >= 0.3 is 5.97 Å². The van der Waals surface area contributed by atoms with Crippen molar-refractivity contribution < 1.29 is 19.5 Å². The lowest BCUT2D eigenvalue weighted by atomic mass is 9.88. The Morgan fingerprint density at radius 2 is 1.92 bits per heavy atom. The number of pyridine rings is 1. The molecule has 2 amide bonds. The number of amides is 2. The number of nitrogens with zero attached hydrogens (tertiary/aromatic N) is 3. The number of piperazine rings is 1. The lowest BCUT2D eigenvalue weighted by Gasteiger charge is -2.32. The summed E-state index contributed by atoms with van der Waals surface area (Å²) in [5.74, 6) is -0.844. The molecule has 2 bridgehead atoms. The normalized spacial score (nSPS) is 27.2. The second kappa shape index (κ2) is 9.48.